The van der Waals surface area contributed by atoms with Crippen molar-refractivity contribution >= 4 is 29.6 Å². The largest absolute Gasteiger partial charge is 0.494 e. The molecule has 1 aliphatic heterocycles. The second kappa shape index (κ2) is 24.1. The molecule has 0 aliphatic carbocycles. The summed E-state index contributed by atoms with van der Waals surface area (Å²) in [5.74, 6) is -2.22. The molecule has 4 bridgehead atoms. The molecule has 0 unspecified atom stereocenters. The molecule has 5 rings (SSSR count). The second-order valence-electron chi connectivity index (χ2n) is 16.2. The summed E-state index contributed by atoms with van der Waals surface area (Å²) in [5, 5.41) is 18.1. The van der Waals surface area contributed by atoms with E-state index in [0.29, 0.717) is 57.6 Å². The average molecular weight is 910 g/mol. The summed E-state index contributed by atoms with van der Waals surface area (Å²) in [6.45, 7) is 8.22. The lowest BCUT2D eigenvalue weighted by atomic mass is 9.93. The number of fused-ring (bicyclic) bond motifs is 5. The highest BCUT2D eigenvalue weighted by molar-refractivity contribution is 6.00. The number of carboxylic acid groups (broad SMARTS) is 1. The van der Waals surface area contributed by atoms with Crippen LogP contribution in [0, 0.1) is 13.8 Å². The van der Waals surface area contributed by atoms with E-state index in [1.165, 1.54) is 25.3 Å². The van der Waals surface area contributed by atoms with Crippen molar-refractivity contribution in [2.45, 2.75) is 90.4 Å². The van der Waals surface area contributed by atoms with Crippen LogP contribution >= 0.6 is 0 Å². The molecule has 18 heteroatoms. The second-order valence-corrected chi connectivity index (χ2v) is 16.2. The van der Waals surface area contributed by atoms with Gasteiger partial charge >= 0.3 is 5.97 Å². The molecule has 4 aromatic rings. The normalized spacial score (nSPS) is 16.5. The van der Waals surface area contributed by atoms with Crippen LogP contribution in [0.3, 0.4) is 0 Å². The predicted molar refractivity (Wildman–Crippen MR) is 249 cm³/mol. The molecule has 4 amide bonds. The summed E-state index contributed by atoms with van der Waals surface area (Å²) in [5.41, 5.74) is 21.1. The van der Waals surface area contributed by atoms with Crippen LogP contribution in [0.4, 0.5) is 0 Å². The van der Waals surface area contributed by atoms with Gasteiger partial charge in [-0.25, -0.2) is 14.8 Å². The lowest BCUT2D eigenvalue weighted by molar-refractivity contribution is -0.143. The Bertz CT molecular complexity index is 2320. The van der Waals surface area contributed by atoms with E-state index in [0.717, 1.165) is 30.6 Å². The number of hydrogen-bond acceptors (Lipinski definition) is 13. The van der Waals surface area contributed by atoms with E-state index in [-0.39, 0.29) is 51.3 Å². The molecule has 10 N–H and O–H groups in total. The van der Waals surface area contributed by atoms with E-state index < -0.39 is 53.8 Å². The Morgan fingerprint density at radius 3 is 2.06 bits per heavy atom. The van der Waals surface area contributed by atoms with Crippen LogP contribution in [0.1, 0.15) is 84.9 Å². The SMILES string of the molecule is CCCCCCOc1ccc(-c2nc(C)c(C(=O)N[C@@H](CCN)C(=O)N(C)[C@@H]3C(=O)N[C@@H](C)C(=O)N[C@H](C(=O)O)Cc4ccc(OCCN)c(c4)-c4cc3ccc4OCCN)c(C)n2)cc1. The molecule has 2 heterocycles. The molecule has 0 fully saturated rings. The Kier molecular flexibility index (Phi) is 18.4. The quantitative estimate of drug-likeness (QED) is 0.0627. The van der Waals surface area contributed by atoms with Crippen LogP contribution in [-0.4, -0.2) is 114 Å². The minimum Gasteiger partial charge on any atom is -0.494 e. The Morgan fingerprint density at radius 2 is 1.45 bits per heavy atom. The van der Waals surface area contributed by atoms with Gasteiger partial charge in [0.25, 0.3) is 5.91 Å². The number of carboxylic acids is 1. The maximum absolute atomic E-state index is 14.7. The van der Waals surface area contributed by atoms with Gasteiger partial charge in [-0.05, 0) is 99.8 Å². The summed E-state index contributed by atoms with van der Waals surface area (Å²) in [7, 11) is 1.41. The number of aromatic nitrogens is 2. The fourth-order valence-corrected chi connectivity index (χ4v) is 7.69. The molecule has 3 aromatic carbocycles. The van der Waals surface area contributed by atoms with Crippen molar-refractivity contribution in [3.05, 3.63) is 88.7 Å². The van der Waals surface area contributed by atoms with Gasteiger partial charge in [0.05, 0.1) is 23.6 Å². The van der Waals surface area contributed by atoms with Gasteiger partial charge in [0.15, 0.2) is 5.82 Å². The zero-order valence-corrected chi connectivity index (χ0v) is 38.4. The molecule has 1 aromatic heterocycles. The smallest absolute Gasteiger partial charge is 0.326 e. The van der Waals surface area contributed by atoms with Gasteiger partial charge in [-0.3, -0.25) is 19.2 Å². The van der Waals surface area contributed by atoms with E-state index in [9.17, 15) is 29.1 Å². The lowest BCUT2D eigenvalue weighted by Crippen LogP contribution is -2.55. The highest BCUT2D eigenvalue weighted by Crippen LogP contribution is 2.40. The standard InChI is InChI=1S/C48H63N9O9/c1-6-7-8-9-22-64-34-14-11-32(12-15-34)43-52-28(2)41(29(3)53-43)45(59)55-37(18-19-49)47(61)57(5)42-33-13-17-40(66-24-21-51)36(27-33)35-25-31(10-16-39(35)65-23-20-50)26-38(48(62)63)56-44(58)30(4)54-46(42)60/h10-17,25,27,30,37-38,42H,6-9,18-24,26,49-51H2,1-5H3,(H,54,60)(H,55,59)(H,56,58)(H,62,63)/t30-,37-,38-,42-/m0/s1. The number of aryl methyl sites for hydroxylation is 2. The Morgan fingerprint density at radius 1 is 0.818 bits per heavy atom. The van der Waals surface area contributed by atoms with E-state index >= 15 is 0 Å². The lowest BCUT2D eigenvalue weighted by Gasteiger charge is -2.32. The van der Waals surface area contributed by atoms with Gasteiger partial charge < -0.3 is 57.4 Å². The van der Waals surface area contributed by atoms with Gasteiger partial charge in [0.2, 0.25) is 17.7 Å². The van der Waals surface area contributed by atoms with Crippen molar-refractivity contribution in [3.63, 3.8) is 0 Å². The van der Waals surface area contributed by atoms with Crippen LogP contribution in [0.25, 0.3) is 22.5 Å². The van der Waals surface area contributed by atoms with Crippen LogP contribution in [0.15, 0.2) is 60.7 Å². The zero-order chi connectivity index (χ0) is 47.9. The van der Waals surface area contributed by atoms with Gasteiger partial charge in [-0.2, -0.15) is 0 Å². The van der Waals surface area contributed by atoms with E-state index in [1.807, 2.05) is 24.3 Å². The number of nitrogens with one attached hydrogen (secondary N) is 3. The number of nitrogens with two attached hydrogens (primary N) is 3. The Hall–Kier alpha value is -6.63. The number of aliphatic carboxylic acids is 1. The van der Waals surface area contributed by atoms with Crippen molar-refractivity contribution in [1.82, 2.24) is 30.8 Å². The molecule has 1 aliphatic rings. The van der Waals surface area contributed by atoms with Crippen LogP contribution in [0.2, 0.25) is 0 Å². The number of rotatable bonds is 20. The number of benzene rings is 3. The summed E-state index contributed by atoms with van der Waals surface area (Å²) in [6.07, 6.45) is 4.30. The van der Waals surface area contributed by atoms with Crippen molar-refractivity contribution < 1.29 is 43.3 Å². The first-order chi connectivity index (χ1) is 31.7. The van der Waals surface area contributed by atoms with E-state index in [1.54, 1.807) is 50.2 Å². The minimum absolute atomic E-state index is 0.00551. The maximum Gasteiger partial charge on any atom is 0.326 e. The number of amides is 4. The molecular formula is C48H63N9O9. The molecule has 0 spiro atoms. The molecule has 0 saturated carbocycles. The highest BCUT2D eigenvalue weighted by atomic mass is 16.5. The topological polar surface area (TPSA) is 276 Å². The van der Waals surface area contributed by atoms with Crippen LogP contribution in [-0.2, 0) is 25.6 Å². The van der Waals surface area contributed by atoms with Gasteiger partial charge in [0, 0.05) is 43.2 Å². The molecule has 66 heavy (non-hydrogen) atoms. The number of nitrogens with zero attached hydrogens (tertiary/aromatic N) is 3. The molecule has 4 atom stereocenters. The summed E-state index contributed by atoms with van der Waals surface area (Å²) in [6, 6.07) is 12.2. The number of ether oxygens (including phenoxy) is 3. The first kappa shape index (κ1) is 50.4. The number of carbonyl (C=O) groups is 5. The Labute approximate surface area is 385 Å². The van der Waals surface area contributed by atoms with Gasteiger partial charge in [0.1, 0.15) is 54.6 Å². The van der Waals surface area contributed by atoms with E-state index in [4.69, 9.17) is 31.4 Å². The fourth-order valence-electron chi connectivity index (χ4n) is 7.69. The summed E-state index contributed by atoms with van der Waals surface area (Å²) < 4.78 is 18.0. The zero-order valence-electron chi connectivity index (χ0n) is 38.4. The van der Waals surface area contributed by atoms with E-state index in [2.05, 4.69) is 32.8 Å². The van der Waals surface area contributed by atoms with Crippen molar-refractivity contribution in [2.75, 3.05) is 46.5 Å². The fraction of sp³-hybridized carbons (Fsp3) is 0.438. The number of hydrogen-bond donors (Lipinski definition) is 7. The molecule has 0 saturated heterocycles. The molecule has 0 radical (unpaired) electrons. The molecule has 18 nitrogen and oxygen atoms in total. The maximum atomic E-state index is 14.7. The van der Waals surface area contributed by atoms with Crippen molar-refractivity contribution in [3.8, 4) is 39.8 Å². The third-order valence-electron chi connectivity index (χ3n) is 11.1. The van der Waals surface area contributed by atoms with Crippen molar-refractivity contribution in [2.24, 2.45) is 17.2 Å². The number of carbonyl (C=O) groups excluding carboxylic acids is 4. The third-order valence-corrected chi connectivity index (χ3v) is 11.1. The number of likely N-dealkylation sites (N-methyl/N-ethyl adjacent to an activating group) is 1. The van der Waals surface area contributed by atoms with Gasteiger partial charge in [-0.15, -0.1) is 0 Å². The summed E-state index contributed by atoms with van der Waals surface area (Å²) in [4.78, 5) is 79.6. The first-order valence-electron chi connectivity index (χ1n) is 22.3. The monoisotopic (exact) mass is 909 g/mol. The van der Waals surface area contributed by atoms with Crippen LogP contribution in [0.5, 0.6) is 17.2 Å². The molecular weight excluding hydrogens is 847 g/mol. The number of unbranched alkanes of at least 4 members (excludes halogenated alkanes) is 3. The highest BCUT2D eigenvalue weighted by Gasteiger charge is 2.36. The predicted octanol–water partition coefficient (Wildman–Crippen LogP) is 3.34. The van der Waals surface area contributed by atoms with Crippen molar-refractivity contribution in [1.29, 1.82) is 0 Å². The van der Waals surface area contributed by atoms with Crippen LogP contribution < -0.4 is 47.4 Å². The molecule has 354 valence electrons. The first-order valence-corrected chi connectivity index (χ1v) is 22.3. The summed E-state index contributed by atoms with van der Waals surface area (Å²) >= 11 is 0. The van der Waals surface area contributed by atoms with Gasteiger partial charge in [-0.1, -0.05) is 38.3 Å². The minimum atomic E-state index is -1.41. The third kappa shape index (κ3) is 12.8. The average Bonchev–Trinajstić information content (AvgIpc) is 3.29. The Balaban J connectivity index is 1.50.